The van der Waals surface area contributed by atoms with E-state index in [4.69, 9.17) is 5.11 Å². The summed E-state index contributed by atoms with van der Waals surface area (Å²) in [6.45, 7) is 3.76. The predicted molar refractivity (Wildman–Crippen MR) is 46.2 cm³/mol. The van der Waals surface area contributed by atoms with Gasteiger partial charge >= 0.3 is 5.97 Å². The Balaban J connectivity index is 2.46. The molecule has 72 valence electrons. The standard InChI is InChI=1S/C10H14O3/c1-9(2)6-3-4-10(5-6,7(9)11)8(12)13/h6H,3-5H2,1-2H3,(H,12,13)/t6-,10+/m0/s1. The number of ketones is 1. The fraction of sp³-hybridized carbons (Fsp3) is 0.800. The van der Waals surface area contributed by atoms with Crippen molar-refractivity contribution in [2.45, 2.75) is 33.1 Å². The van der Waals surface area contributed by atoms with E-state index in [0.29, 0.717) is 12.8 Å². The van der Waals surface area contributed by atoms with E-state index in [-0.39, 0.29) is 11.7 Å². The molecule has 0 unspecified atom stereocenters. The molecule has 0 aliphatic heterocycles. The summed E-state index contributed by atoms with van der Waals surface area (Å²) < 4.78 is 0. The maximum atomic E-state index is 11.9. The molecule has 2 fully saturated rings. The molecule has 13 heavy (non-hydrogen) atoms. The Morgan fingerprint density at radius 2 is 2.15 bits per heavy atom. The van der Waals surface area contributed by atoms with Crippen LogP contribution in [-0.4, -0.2) is 16.9 Å². The number of carboxylic acid groups (broad SMARTS) is 1. The van der Waals surface area contributed by atoms with Gasteiger partial charge in [-0.05, 0) is 25.2 Å². The monoisotopic (exact) mass is 182 g/mol. The maximum Gasteiger partial charge on any atom is 0.317 e. The second-order valence-electron chi connectivity index (χ2n) is 4.88. The van der Waals surface area contributed by atoms with Crippen LogP contribution in [0.25, 0.3) is 0 Å². The van der Waals surface area contributed by atoms with E-state index < -0.39 is 16.8 Å². The number of aliphatic carboxylic acids is 1. The average molecular weight is 182 g/mol. The van der Waals surface area contributed by atoms with E-state index in [0.717, 1.165) is 6.42 Å². The zero-order valence-electron chi connectivity index (χ0n) is 7.96. The van der Waals surface area contributed by atoms with Crippen molar-refractivity contribution in [1.29, 1.82) is 0 Å². The van der Waals surface area contributed by atoms with Gasteiger partial charge in [-0.25, -0.2) is 0 Å². The molecule has 0 aromatic carbocycles. The summed E-state index contributed by atoms with van der Waals surface area (Å²) in [5.41, 5.74) is -1.43. The van der Waals surface area contributed by atoms with E-state index in [1.165, 1.54) is 0 Å². The van der Waals surface area contributed by atoms with Gasteiger partial charge in [0.1, 0.15) is 5.41 Å². The van der Waals surface area contributed by atoms with Crippen molar-refractivity contribution in [2.75, 3.05) is 0 Å². The molecule has 0 aromatic heterocycles. The van der Waals surface area contributed by atoms with Gasteiger partial charge in [0.15, 0.2) is 5.78 Å². The topological polar surface area (TPSA) is 54.4 Å². The van der Waals surface area contributed by atoms with Gasteiger partial charge in [-0.3, -0.25) is 9.59 Å². The minimum Gasteiger partial charge on any atom is -0.480 e. The lowest BCUT2D eigenvalue weighted by atomic mass is 9.71. The van der Waals surface area contributed by atoms with Gasteiger partial charge in [-0.2, -0.15) is 0 Å². The molecule has 0 saturated heterocycles. The highest BCUT2D eigenvalue weighted by Gasteiger charge is 2.65. The molecule has 2 saturated carbocycles. The lowest BCUT2D eigenvalue weighted by Gasteiger charge is -2.30. The minimum absolute atomic E-state index is 0.0521. The number of fused-ring (bicyclic) bond motifs is 2. The fourth-order valence-electron chi connectivity index (χ4n) is 2.96. The van der Waals surface area contributed by atoms with Crippen LogP contribution in [-0.2, 0) is 9.59 Å². The molecule has 2 atom stereocenters. The Bertz CT molecular complexity index is 293. The van der Waals surface area contributed by atoms with Gasteiger partial charge < -0.3 is 5.11 Å². The van der Waals surface area contributed by atoms with Crippen molar-refractivity contribution in [3.05, 3.63) is 0 Å². The smallest absolute Gasteiger partial charge is 0.317 e. The molecule has 2 aliphatic carbocycles. The van der Waals surface area contributed by atoms with E-state index in [1.807, 2.05) is 13.8 Å². The number of rotatable bonds is 1. The number of carbonyl (C=O) groups excluding carboxylic acids is 1. The molecule has 3 heteroatoms. The Labute approximate surface area is 77.1 Å². The number of hydrogen-bond acceptors (Lipinski definition) is 2. The molecule has 0 radical (unpaired) electrons. The molecule has 1 N–H and O–H groups in total. The summed E-state index contributed by atoms with van der Waals surface area (Å²) in [5, 5.41) is 9.07. The number of carboxylic acids is 1. The van der Waals surface area contributed by atoms with Crippen LogP contribution in [0.3, 0.4) is 0 Å². The van der Waals surface area contributed by atoms with E-state index in [2.05, 4.69) is 0 Å². The Morgan fingerprint density at radius 1 is 1.54 bits per heavy atom. The Hall–Kier alpha value is -0.860. The molecule has 0 heterocycles. The maximum absolute atomic E-state index is 11.9. The summed E-state index contributed by atoms with van der Waals surface area (Å²) >= 11 is 0. The summed E-state index contributed by atoms with van der Waals surface area (Å²) in [6, 6.07) is 0. The van der Waals surface area contributed by atoms with Crippen molar-refractivity contribution in [3.63, 3.8) is 0 Å². The fourth-order valence-corrected chi connectivity index (χ4v) is 2.96. The SMILES string of the molecule is CC1(C)C(=O)[C@@]2(C(=O)O)CC[C@H]1C2. The molecule has 2 bridgehead atoms. The van der Waals surface area contributed by atoms with Crippen LogP contribution in [0.5, 0.6) is 0 Å². The molecule has 0 amide bonds. The molecule has 3 nitrogen and oxygen atoms in total. The number of Topliss-reactive ketones (excluding diaryl/α,β-unsaturated/α-hetero) is 1. The van der Waals surface area contributed by atoms with Gasteiger partial charge in [0.05, 0.1) is 0 Å². The van der Waals surface area contributed by atoms with E-state index in [1.54, 1.807) is 0 Å². The number of hydrogen-bond donors (Lipinski definition) is 1. The molecule has 0 spiro atoms. The van der Waals surface area contributed by atoms with Gasteiger partial charge in [-0.1, -0.05) is 13.8 Å². The third-order valence-corrected chi connectivity index (χ3v) is 3.96. The molecule has 0 aromatic rings. The summed E-state index contributed by atoms with van der Waals surface area (Å²) in [4.78, 5) is 22.9. The highest BCUT2D eigenvalue weighted by atomic mass is 16.4. The highest BCUT2D eigenvalue weighted by molar-refractivity contribution is 6.08. The van der Waals surface area contributed by atoms with Crippen LogP contribution < -0.4 is 0 Å². The normalized spacial score (nSPS) is 41.1. The van der Waals surface area contributed by atoms with Crippen LogP contribution in [0, 0.1) is 16.7 Å². The second kappa shape index (κ2) is 2.14. The van der Waals surface area contributed by atoms with Crippen LogP contribution >= 0.6 is 0 Å². The zero-order valence-corrected chi connectivity index (χ0v) is 7.96. The van der Waals surface area contributed by atoms with Crippen LogP contribution in [0.1, 0.15) is 33.1 Å². The highest BCUT2D eigenvalue weighted by Crippen LogP contribution is 2.60. The lowest BCUT2D eigenvalue weighted by molar-refractivity contribution is -0.156. The van der Waals surface area contributed by atoms with Gasteiger partial charge in [0, 0.05) is 5.41 Å². The molecular formula is C10H14O3. The Morgan fingerprint density at radius 3 is 2.46 bits per heavy atom. The summed E-state index contributed by atoms with van der Waals surface area (Å²) in [6.07, 6.45) is 2.01. The second-order valence-corrected chi connectivity index (χ2v) is 4.88. The van der Waals surface area contributed by atoms with Gasteiger partial charge in [0.2, 0.25) is 0 Å². The van der Waals surface area contributed by atoms with Crippen LogP contribution in [0.15, 0.2) is 0 Å². The van der Waals surface area contributed by atoms with Gasteiger partial charge in [0.25, 0.3) is 0 Å². The molecular weight excluding hydrogens is 168 g/mol. The third kappa shape index (κ3) is 0.798. The number of carbonyl (C=O) groups is 2. The van der Waals surface area contributed by atoms with E-state index in [9.17, 15) is 9.59 Å². The predicted octanol–water partition coefficient (Wildman–Crippen LogP) is 1.47. The van der Waals surface area contributed by atoms with Crippen molar-refractivity contribution in [1.82, 2.24) is 0 Å². The summed E-state index contributed by atoms with van der Waals surface area (Å²) in [7, 11) is 0. The summed E-state index contributed by atoms with van der Waals surface area (Å²) in [5.74, 6) is -0.676. The first-order valence-electron chi connectivity index (χ1n) is 4.69. The average Bonchev–Trinajstić information content (AvgIpc) is 2.53. The first kappa shape index (κ1) is 8.73. The van der Waals surface area contributed by atoms with Crippen molar-refractivity contribution < 1.29 is 14.7 Å². The van der Waals surface area contributed by atoms with Crippen molar-refractivity contribution in [3.8, 4) is 0 Å². The van der Waals surface area contributed by atoms with E-state index >= 15 is 0 Å². The zero-order chi connectivity index (χ0) is 9.85. The van der Waals surface area contributed by atoms with Gasteiger partial charge in [-0.15, -0.1) is 0 Å². The molecule has 2 rings (SSSR count). The first-order chi connectivity index (χ1) is 5.91. The first-order valence-corrected chi connectivity index (χ1v) is 4.69. The van der Waals surface area contributed by atoms with Crippen LogP contribution in [0.4, 0.5) is 0 Å². The minimum atomic E-state index is -1.02. The third-order valence-electron chi connectivity index (χ3n) is 3.96. The largest absolute Gasteiger partial charge is 0.480 e. The van der Waals surface area contributed by atoms with Crippen molar-refractivity contribution in [2.24, 2.45) is 16.7 Å². The lowest BCUT2D eigenvalue weighted by Crippen LogP contribution is -2.41. The molecule has 2 aliphatic rings. The van der Waals surface area contributed by atoms with Crippen LogP contribution in [0.2, 0.25) is 0 Å². The Kier molecular flexibility index (Phi) is 1.44. The quantitative estimate of drug-likeness (QED) is 0.625. The van der Waals surface area contributed by atoms with Crippen molar-refractivity contribution >= 4 is 11.8 Å².